The Balaban J connectivity index is 1.55. The van der Waals surface area contributed by atoms with Crippen molar-refractivity contribution in [2.24, 2.45) is 22.7 Å². The number of carbonyl (C=O) groups is 3. The predicted molar refractivity (Wildman–Crippen MR) is 132 cm³/mol. The van der Waals surface area contributed by atoms with E-state index >= 15 is 0 Å². The standard InChI is InChI=1S/C28H37NO8/c1-14-5-7-20-26(2,3)21(31)9-10-27(20,4)28(14)12-16-19(30)11-15-17(23(16)37-28)13-29(24(15)34)18(25(35)36)6-8-22(32)33/h11,14,18,20-21,30-31H,5-10,12-13H2,1-4H3,(H,32,33)(H,35,36)/t14?,18?,20?,21-,27-,28?/m0/s1. The van der Waals surface area contributed by atoms with Crippen LogP contribution < -0.4 is 4.74 Å². The fraction of sp³-hybridized carbons (Fsp3) is 0.679. The molecule has 5 rings (SSSR count). The normalized spacial score (nSPS) is 34.5. The van der Waals surface area contributed by atoms with E-state index in [-0.39, 0.29) is 53.4 Å². The minimum absolute atomic E-state index is 0.0117. The van der Waals surface area contributed by atoms with Gasteiger partial charge in [-0.05, 0) is 55.4 Å². The van der Waals surface area contributed by atoms with Gasteiger partial charge in [-0.2, -0.15) is 0 Å². The van der Waals surface area contributed by atoms with Crippen LogP contribution in [0.15, 0.2) is 6.07 Å². The number of aliphatic carboxylic acids is 2. The Morgan fingerprint density at radius 2 is 1.86 bits per heavy atom. The number of hydrogen-bond donors (Lipinski definition) is 4. The Kier molecular flexibility index (Phi) is 5.83. The summed E-state index contributed by atoms with van der Waals surface area (Å²) in [5, 5.41) is 40.8. The van der Waals surface area contributed by atoms with Gasteiger partial charge in [0.15, 0.2) is 0 Å². The molecule has 4 unspecified atom stereocenters. The van der Waals surface area contributed by atoms with Gasteiger partial charge >= 0.3 is 11.9 Å². The second kappa shape index (κ2) is 8.35. The second-order valence-electron chi connectivity index (χ2n) is 12.4. The number of phenolic OH excluding ortho intramolecular Hbond substituents is 1. The molecule has 0 aromatic heterocycles. The lowest BCUT2D eigenvalue weighted by Gasteiger charge is -2.64. The van der Waals surface area contributed by atoms with Gasteiger partial charge in [-0.15, -0.1) is 0 Å². The number of carboxylic acid groups (broad SMARTS) is 2. The van der Waals surface area contributed by atoms with Crippen LogP contribution in [-0.4, -0.2) is 60.9 Å². The molecule has 2 aliphatic carbocycles. The maximum Gasteiger partial charge on any atom is 0.326 e. The number of phenols is 1. The number of carbonyl (C=O) groups excluding carboxylic acids is 1. The van der Waals surface area contributed by atoms with Crippen LogP contribution in [0.2, 0.25) is 0 Å². The van der Waals surface area contributed by atoms with Gasteiger partial charge in [-0.1, -0.05) is 27.7 Å². The zero-order valence-electron chi connectivity index (χ0n) is 21.9. The monoisotopic (exact) mass is 515 g/mol. The first-order valence-electron chi connectivity index (χ1n) is 13.2. The summed E-state index contributed by atoms with van der Waals surface area (Å²) >= 11 is 0. The molecular formula is C28H37NO8. The first-order chi connectivity index (χ1) is 17.2. The van der Waals surface area contributed by atoms with Crippen molar-refractivity contribution in [1.29, 1.82) is 0 Å². The second-order valence-corrected chi connectivity index (χ2v) is 12.4. The molecule has 2 fully saturated rings. The van der Waals surface area contributed by atoms with E-state index in [0.717, 1.165) is 19.3 Å². The summed E-state index contributed by atoms with van der Waals surface area (Å²) in [6.07, 6.45) is 2.83. The number of carboxylic acids is 2. The molecule has 202 valence electrons. The van der Waals surface area contributed by atoms with Crippen molar-refractivity contribution in [1.82, 2.24) is 4.90 Å². The van der Waals surface area contributed by atoms with Crippen molar-refractivity contribution < 1.29 is 39.5 Å². The maximum absolute atomic E-state index is 13.3. The largest absolute Gasteiger partial charge is 0.508 e. The highest BCUT2D eigenvalue weighted by atomic mass is 16.5. The fourth-order valence-corrected chi connectivity index (χ4v) is 8.22. The SMILES string of the molecule is CC1CCC2C(C)(C)[C@@H](O)CC[C@]2(C)C12Cc1c(O)cc3c(c1O2)CN(C(CCC(=O)O)C(=O)O)C3=O. The van der Waals surface area contributed by atoms with Gasteiger partial charge in [0.1, 0.15) is 23.1 Å². The predicted octanol–water partition coefficient (Wildman–Crippen LogP) is 3.57. The molecule has 1 amide bonds. The van der Waals surface area contributed by atoms with Crippen molar-refractivity contribution in [3.05, 3.63) is 22.8 Å². The van der Waals surface area contributed by atoms with Crippen LogP contribution in [-0.2, 0) is 22.6 Å². The molecule has 4 aliphatic rings. The van der Waals surface area contributed by atoms with E-state index in [0.29, 0.717) is 29.7 Å². The van der Waals surface area contributed by atoms with E-state index in [1.54, 1.807) is 0 Å². The van der Waals surface area contributed by atoms with Crippen molar-refractivity contribution in [3.8, 4) is 11.5 Å². The Labute approximate surface area is 216 Å². The molecule has 1 spiro atoms. The van der Waals surface area contributed by atoms with Gasteiger partial charge in [-0.25, -0.2) is 4.79 Å². The maximum atomic E-state index is 13.3. The number of benzene rings is 1. The van der Waals surface area contributed by atoms with Crippen LogP contribution in [0, 0.1) is 22.7 Å². The Bertz CT molecular complexity index is 1180. The summed E-state index contributed by atoms with van der Waals surface area (Å²) in [6, 6.07) is 0.122. The molecule has 2 saturated carbocycles. The number of aromatic hydroxyl groups is 1. The number of aliphatic hydroxyl groups is 1. The van der Waals surface area contributed by atoms with Crippen molar-refractivity contribution in [3.63, 3.8) is 0 Å². The first kappa shape index (κ1) is 25.8. The summed E-state index contributed by atoms with van der Waals surface area (Å²) in [5.41, 5.74) is 0.202. The molecule has 9 nitrogen and oxygen atoms in total. The van der Waals surface area contributed by atoms with Gasteiger partial charge < -0.3 is 30.1 Å². The Morgan fingerprint density at radius 1 is 1.16 bits per heavy atom. The van der Waals surface area contributed by atoms with Gasteiger partial charge in [0, 0.05) is 29.4 Å². The van der Waals surface area contributed by atoms with Crippen LogP contribution >= 0.6 is 0 Å². The molecular weight excluding hydrogens is 478 g/mol. The highest BCUT2D eigenvalue weighted by molar-refractivity contribution is 6.02. The summed E-state index contributed by atoms with van der Waals surface area (Å²) in [5.74, 6) is -2.14. The zero-order valence-corrected chi connectivity index (χ0v) is 21.9. The van der Waals surface area contributed by atoms with Crippen molar-refractivity contribution >= 4 is 17.8 Å². The average molecular weight is 516 g/mol. The molecule has 0 bridgehead atoms. The van der Waals surface area contributed by atoms with Crippen LogP contribution in [0.1, 0.15) is 87.7 Å². The third kappa shape index (κ3) is 3.49. The highest BCUT2D eigenvalue weighted by Crippen LogP contribution is 2.67. The van der Waals surface area contributed by atoms with Gasteiger partial charge in [0.05, 0.1) is 18.2 Å². The number of fused-ring (bicyclic) bond motifs is 5. The third-order valence-corrected chi connectivity index (χ3v) is 10.4. The number of aliphatic hydroxyl groups excluding tert-OH is 1. The lowest BCUT2D eigenvalue weighted by molar-refractivity contribution is -0.210. The first-order valence-corrected chi connectivity index (χ1v) is 13.2. The quantitative estimate of drug-likeness (QED) is 0.466. The summed E-state index contributed by atoms with van der Waals surface area (Å²) in [4.78, 5) is 37.6. The fourth-order valence-electron chi connectivity index (χ4n) is 8.22. The number of ether oxygens (including phenoxy) is 1. The average Bonchev–Trinajstić information content (AvgIpc) is 3.36. The molecule has 0 radical (unpaired) electrons. The molecule has 4 N–H and O–H groups in total. The summed E-state index contributed by atoms with van der Waals surface area (Å²) in [7, 11) is 0. The summed E-state index contributed by atoms with van der Waals surface area (Å²) in [6.45, 7) is 8.66. The van der Waals surface area contributed by atoms with Crippen LogP contribution in [0.5, 0.6) is 11.5 Å². The minimum atomic E-state index is -1.29. The molecule has 2 heterocycles. The third-order valence-electron chi connectivity index (χ3n) is 10.4. The van der Waals surface area contributed by atoms with Crippen LogP contribution in [0.25, 0.3) is 0 Å². The number of rotatable bonds is 5. The van der Waals surface area contributed by atoms with Gasteiger partial charge in [0.2, 0.25) is 0 Å². The van der Waals surface area contributed by atoms with Crippen LogP contribution in [0.4, 0.5) is 0 Å². The molecule has 1 aromatic carbocycles. The highest BCUT2D eigenvalue weighted by Gasteiger charge is 2.67. The lowest BCUT2D eigenvalue weighted by atomic mass is 9.43. The number of amides is 1. The molecule has 1 aromatic rings. The Hall–Kier alpha value is -2.81. The van der Waals surface area contributed by atoms with E-state index in [9.17, 15) is 29.7 Å². The lowest BCUT2D eigenvalue weighted by Crippen LogP contribution is -2.66. The topological polar surface area (TPSA) is 145 Å². The van der Waals surface area contributed by atoms with E-state index in [1.807, 2.05) is 0 Å². The zero-order chi connectivity index (χ0) is 27.1. The molecule has 0 saturated heterocycles. The number of nitrogens with zero attached hydrogens (tertiary/aromatic N) is 1. The minimum Gasteiger partial charge on any atom is -0.508 e. The Morgan fingerprint density at radius 3 is 2.51 bits per heavy atom. The molecule has 9 heteroatoms. The van der Waals surface area contributed by atoms with Gasteiger partial charge in [0.25, 0.3) is 5.91 Å². The van der Waals surface area contributed by atoms with Crippen molar-refractivity contribution in [2.45, 2.75) is 96.9 Å². The summed E-state index contributed by atoms with van der Waals surface area (Å²) < 4.78 is 6.95. The van der Waals surface area contributed by atoms with Crippen molar-refractivity contribution in [2.75, 3.05) is 0 Å². The van der Waals surface area contributed by atoms with Crippen LogP contribution in [0.3, 0.4) is 0 Å². The van der Waals surface area contributed by atoms with E-state index in [2.05, 4.69) is 27.7 Å². The molecule has 6 atom stereocenters. The van der Waals surface area contributed by atoms with E-state index in [1.165, 1.54) is 11.0 Å². The van der Waals surface area contributed by atoms with E-state index in [4.69, 9.17) is 9.84 Å². The smallest absolute Gasteiger partial charge is 0.326 e. The molecule has 2 aliphatic heterocycles. The van der Waals surface area contributed by atoms with Gasteiger partial charge in [-0.3, -0.25) is 9.59 Å². The number of hydrogen-bond acceptors (Lipinski definition) is 6. The van der Waals surface area contributed by atoms with E-state index < -0.39 is 35.6 Å². The molecule has 37 heavy (non-hydrogen) atoms.